The van der Waals surface area contributed by atoms with Crippen LogP contribution in [0.1, 0.15) is 13.8 Å². The third-order valence-electron chi connectivity index (χ3n) is 2.51. The topological polar surface area (TPSA) is 50.4 Å². The number of methoxy groups -OCH3 is 1. The molecule has 0 radical (unpaired) electrons. The fourth-order valence-electron chi connectivity index (χ4n) is 1.46. The van der Waals surface area contributed by atoms with Crippen LogP contribution in [0.15, 0.2) is 24.3 Å². The number of rotatable bonds is 6. The third-order valence-corrected chi connectivity index (χ3v) is 2.51. The summed E-state index contributed by atoms with van der Waals surface area (Å²) in [6.45, 7) is 5.46. The number of anilines is 1. The summed E-state index contributed by atoms with van der Waals surface area (Å²) in [5.74, 6) is 0.604. The average molecular weight is 236 g/mol. The predicted molar refractivity (Wildman–Crippen MR) is 69.3 cm³/mol. The first-order valence-electron chi connectivity index (χ1n) is 5.83. The molecule has 0 fully saturated rings. The van der Waals surface area contributed by atoms with Crippen molar-refractivity contribution in [3.63, 3.8) is 0 Å². The second-order valence-corrected chi connectivity index (χ2v) is 3.90. The van der Waals surface area contributed by atoms with Gasteiger partial charge in [0.15, 0.2) is 0 Å². The summed E-state index contributed by atoms with van der Waals surface area (Å²) in [6, 6.07) is 7.39. The average Bonchev–Trinajstić information content (AvgIpc) is 2.36. The molecule has 1 unspecified atom stereocenters. The highest BCUT2D eigenvalue weighted by Crippen LogP contribution is 2.23. The van der Waals surface area contributed by atoms with Crippen molar-refractivity contribution in [3.8, 4) is 5.75 Å². The number of amides is 1. The van der Waals surface area contributed by atoms with Crippen molar-refractivity contribution in [2.75, 3.05) is 25.5 Å². The number of carbonyl (C=O) groups excluding carboxylic acids is 1. The first-order chi connectivity index (χ1) is 8.19. The molecule has 1 aromatic rings. The summed E-state index contributed by atoms with van der Waals surface area (Å²) in [6.07, 6.45) is 0. The molecule has 4 heteroatoms. The maximum Gasteiger partial charge on any atom is 0.228 e. The zero-order valence-corrected chi connectivity index (χ0v) is 10.6. The minimum atomic E-state index is -0.0696. The van der Waals surface area contributed by atoms with Gasteiger partial charge in [0.05, 0.1) is 12.8 Å². The van der Waals surface area contributed by atoms with Gasteiger partial charge in [-0.25, -0.2) is 0 Å². The van der Waals surface area contributed by atoms with Gasteiger partial charge in [-0.3, -0.25) is 4.79 Å². The van der Waals surface area contributed by atoms with Crippen molar-refractivity contribution in [2.24, 2.45) is 5.92 Å². The summed E-state index contributed by atoms with van der Waals surface area (Å²) in [5, 5.41) is 6.02. The molecule has 0 heterocycles. The Labute approximate surface area is 102 Å². The number of benzene rings is 1. The molecule has 0 aliphatic rings. The standard InChI is InChI=1S/C13H20N2O2/c1-4-14-9-10(2)13(16)15-11-7-5-6-8-12(11)17-3/h5-8,10,14H,4,9H2,1-3H3,(H,15,16). The minimum Gasteiger partial charge on any atom is -0.495 e. The molecule has 1 atom stereocenters. The third kappa shape index (κ3) is 4.07. The Kier molecular flexibility index (Phi) is 5.49. The number of hydrogen-bond acceptors (Lipinski definition) is 3. The zero-order valence-electron chi connectivity index (χ0n) is 10.6. The van der Waals surface area contributed by atoms with Crippen LogP contribution in [0.2, 0.25) is 0 Å². The summed E-state index contributed by atoms with van der Waals surface area (Å²) in [4.78, 5) is 11.9. The van der Waals surface area contributed by atoms with Gasteiger partial charge in [-0.05, 0) is 18.7 Å². The van der Waals surface area contributed by atoms with Gasteiger partial charge in [-0.2, -0.15) is 0 Å². The first-order valence-corrected chi connectivity index (χ1v) is 5.83. The van der Waals surface area contributed by atoms with Gasteiger partial charge >= 0.3 is 0 Å². The number of ether oxygens (including phenoxy) is 1. The van der Waals surface area contributed by atoms with Crippen molar-refractivity contribution in [2.45, 2.75) is 13.8 Å². The summed E-state index contributed by atoms with van der Waals surface area (Å²) in [7, 11) is 1.59. The molecule has 2 N–H and O–H groups in total. The predicted octanol–water partition coefficient (Wildman–Crippen LogP) is 1.88. The molecule has 0 saturated carbocycles. The van der Waals surface area contributed by atoms with Gasteiger partial charge in [0, 0.05) is 12.5 Å². The van der Waals surface area contributed by atoms with E-state index in [1.807, 2.05) is 38.1 Å². The fraction of sp³-hybridized carbons (Fsp3) is 0.462. The molecule has 0 aliphatic carbocycles. The molecule has 0 bridgehead atoms. The van der Waals surface area contributed by atoms with E-state index in [9.17, 15) is 4.79 Å². The molecule has 1 rings (SSSR count). The normalized spacial score (nSPS) is 11.9. The summed E-state index contributed by atoms with van der Waals surface area (Å²) < 4.78 is 5.18. The number of hydrogen-bond donors (Lipinski definition) is 2. The van der Waals surface area contributed by atoms with E-state index in [0.29, 0.717) is 18.0 Å². The second-order valence-electron chi connectivity index (χ2n) is 3.90. The Morgan fingerprint density at radius 1 is 1.41 bits per heavy atom. The quantitative estimate of drug-likeness (QED) is 0.793. The van der Waals surface area contributed by atoms with Crippen LogP contribution >= 0.6 is 0 Å². The van der Waals surface area contributed by atoms with Crippen LogP contribution in [0.3, 0.4) is 0 Å². The van der Waals surface area contributed by atoms with Crippen LogP contribution in [0.4, 0.5) is 5.69 Å². The largest absolute Gasteiger partial charge is 0.495 e. The Balaban J connectivity index is 2.61. The Bertz CT molecular complexity index is 366. The number of para-hydroxylation sites is 2. The lowest BCUT2D eigenvalue weighted by molar-refractivity contribution is -0.119. The molecular formula is C13H20N2O2. The number of carbonyl (C=O) groups is 1. The van der Waals surface area contributed by atoms with Gasteiger partial charge in [-0.1, -0.05) is 26.0 Å². The minimum absolute atomic E-state index is 0.00421. The van der Waals surface area contributed by atoms with Gasteiger partial charge in [0.2, 0.25) is 5.91 Å². The lowest BCUT2D eigenvalue weighted by Crippen LogP contribution is -2.30. The van der Waals surface area contributed by atoms with E-state index >= 15 is 0 Å². The molecule has 1 aromatic carbocycles. The highest BCUT2D eigenvalue weighted by molar-refractivity contribution is 5.93. The maximum absolute atomic E-state index is 11.9. The first kappa shape index (κ1) is 13.5. The Morgan fingerprint density at radius 3 is 2.76 bits per heavy atom. The Morgan fingerprint density at radius 2 is 2.12 bits per heavy atom. The van der Waals surface area contributed by atoms with Crippen LogP contribution in [0, 0.1) is 5.92 Å². The molecule has 17 heavy (non-hydrogen) atoms. The SMILES string of the molecule is CCNCC(C)C(=O)Nc1ccccc1OC. The van der Waals surface area contributed by atoms with E-state index < -0.39 is 0 Å². The van der Waals surface area contributed by atoms with Crippen LogP contribution in [0.25, 0.3) is 0 Å². The monoisotopic (exact) mass is 236 g/mol. The molecule has 0 aromatic heterocycles. The molecule has 94 valence electrons. The molecule has 0 saturated heterocycles. The van der Waals surface area contributed by atoms with E-state index in [-0.39, 0.29) is 11.8 Å². The van der Waals surface area contributed by atoms with Crippen molar-refractivity contribution in [1.29, 1.82) is 0 Å². The smallest absolute Gasteiger partial charge is 0.228 e. The second kappa shape index (κ2) is 6.91. The van der Waals surface area contributed by atoms with Gasteiger partial charge in [0.1, 0.15) is 5.75 Å². The van der Waals surface area contributed by atoms with Crippen molar-refractivity contribution in [1.82, 2.24) is 5.32 Å². The zero-order chi connectivity index (χ0) is 12.7. The van der Waals surface area contributed by atoms with E-state index in [0.717, 1.165) is 6.54 Å². The van der Waals surface area contributed by atoms with E-state index in [2.05, 4.69) is 10.6 Å². The maximum atomic E-state index is 11.9. The molecule has 4 nitrogen and oxygen atoms in total. The van der Waals surface area contributed by atoms with Gasteiger partial charge in [-0.15, -0.1) is 0 Å². The van der Waals surface area contributed by atoms with E-state index in [1.54, 1.807) is 7.11 Å². The summed E-state index contributed by atoms with van der Waals surface area (Å²) in [5.41, 5.74) is 0.711. The number of nitrogens with one attached hydrogen (secondary N) is 2. The summed E-state index contributed by atoms with van der Waals surface area (Å²) >= 11 is 0. The molecule has 0 aliphatic heterocycles. The van der Waals surface area contributed by atoms with Crippen molar-refractivity contribution < 1.29 is 9.53 Å². The van der Waals surface area contributed by atoms with Gasteiger partial charge < -0.3 is 15.4 Å². The Hall–Kier alpha value is -1.55. The van der Waals surface area contributed by atoms with Crippen LogP contribution < -0.4 is 15.4 Å². The van der Waals surface area contributed by atoms with Crippen molar-refractivity contribution in [3.05, 3.63) is 24.3 Å². The molecule has 0 spiro atoms. The van der Waals surface area contributed by atoms with Crippen LogP contribution in [-0.2, 0) is 4.79 Å². The fourth-order valence-corrected chi connectivity index (χ4v) is 1.46. The lowest BCUT2D eigenvalue weighted by Gasteiger charge is -2.14. The lowest BCUT2D eigenvalue weighted by atomic mass is 10.1. The highest BCUT2D eigenvalue weighted by atomic mass is 16.5. The van der Waals surface area contributed by atoms with E-state index in [1.165, 1.54) is 0 Å². The molecule has 1 amide bonds. The van der Waals surface area contributed by atoms with E-state index in [4.69, 9.17) is 4.74 Å². The van der Waals surface area contributed by atoms with Crippen LogP contribution in [-0.4, -0.2) is 26.1 Å². The van der Waals surface area contributed by atoms with Crippen LogP contribution in [0.5, 0.6) is 5.75 Å². The van der Waals surface area contributed by atoms with Crippen molar-refractivity contribution >= 4 is 11.6 Å². The van der Waals surface area contributed by atoms with Gasteiger partial charge in [0.25, 0.3) is 0 Å². The highest BCUT2D eigenvalue weighted by Gasteiger charge is 2.13. The molecular weight excluding hydrogens is 216 g/mol.